The van der Waals surface area contributed by atoms with E-state index in [2.05, 4.69) is 55.6 Å². The molecule has 0 spiro atoms. The van der Waals surface area contributed by atoms with Gasteiger partial charge in [-0.05, 0) is 89.9 Å². The maximum Gasteiger partial charge on any atom is 0.305 e. The summed E-state index contributed by atoms with van der Waals surface area (Å²) in [4.78, 5) is 24.6. The SMILES string of the molecule is CCCCCCCCC/C=C\CCCCCCCCCC(=O)OCCCCCCCCCCC/C=C\C/C=C\CCCCCCCCCCCCCC(=O)NC(CO)C(O)/C=C/CCCCCCCCCCCCCCCCCCCCC. The van der Waals surface area contributed by atoms with Crippen LogP contribution in [0.3, 0.4) is 0 Å². The molecule has 0 aromatic carbocycles. The monoisotopic (exact) mass is 1160 g/mol. The molecule has 0 radical (unpaired) electrons. The van der Waals surface area contributed by atoms with Gasteiger partial charge in [0.05, 0.1) is 25.4 Å². The Balaban J connectivity index is 3.44. The number of nitrogens with one attached hydrogen (secondary N) is 1. The second-order valence-electron chi connectivity index (χ2n) is 25.6. The van der Waals surface area contributed by atoms with Crippen molar-refractivity contribution in [2.75, 3.05) is 13.2 Å². The lowest BCUT2D eigenvalue weighted by Gasteiger charge is -2.20. The van der Waals surface area contributed by atoms with Gasteiger partial charge in [-0.3, -0.25) is 9.59 Å². The number of carbonyl (C=O) groups is 2. The van der Waals surface area contributed by atoms with Crippen molar-refractivity contribution < 1.29 is 24.5 Å². The Labute approximate surface area is 518 Å². The Hall–Kier alpha value is -2.18. The number of ether oxygens (including phenoxy) is 1. The minimum atomic E-state index is -0.849. The van der Waals surface area contributed by atoms with Crippen LogP contribution >= 0.6 is 0 Å². The van der Waals surface area contributed by atoms with Gasteiger partial charge in [0.1, 0.15) is 0 Å². The van der Waals surface area contributed by atoms with Gasteiger partial charge in [-0.1, -0.05) is 351 Å². The number of carbonyl (C=O) groups excluding carboxylic acids is 2. The van der Waals surface area contributed by atoms with Crippen LogP contribution in [0.1, 0.15) is 406 Å². The first-order valence-electron chi connectivity index (χ1n) is 37.4. The third kappa shape index (κ3) is 68.8. The third-order valence-corrected chi connectivity index (χ3v) is 17.3. The van der Waals surface area contributed by atoms with Crippen LogP contribution in [-0.2, 0) is 14.3 Å². The van der Waals surface area contributed by atoms with Crippen molar-refractivity contribution in [2.45, 2.75) is 418 Å². The zero-order valence-electron chi connectivity index (χ0n) is 55.9. The van der Waals surface area contributed by atoms with Gasteiger partial charge >= 0.3 is 5.97 Å². The van der Waals surface area contributed by atoms with E-state index in [0.717, 1.165) is 51.4 Å². The molecule has 83 heavy (non-hydrogen) atoms. The minimum Gasteiger partial charge on any atom is -0.466 e. The van der Waals surface area contributed by atoms with Gasteiger partial charge in [0.2, 0.25) is 5.91 Å². The zero-order chi connectivity index (χ0) is 59.9. The third-order valence-electron chi connectivity index (χ3n) is 17.3. The number of unbranched alkanes of at least 4 members (excludes halogenated alkanes) is 53. The smallest absolute Gasteiger partial charge is 0.305 e. The Bertz CT molecular complexity index is 1390. The molecule has 1 amide bonds. The predicted octanol–water partition coefficient (Wildman–Crippen LogP) is 24.4. The minimum absolute atomic E-state index is 0.00778. The van der Waals surface area contributed by atoms with Gasteiger partial charge in [0.25, 0.3) is 0 Å². The Morgan fingerprint density at radius 3 is 0.928 bits per heavy atom. The number of rotatable bonds is 70. The van der Waals surface area contributed by atoms with Crippen molar-refractivity contribution in [2.24, 2.45) is 0 Å². The van der Waals surface area contributed by atoms with Crippen molar-refractivity contribution >= 4 is 11.9 Å². The average molecular weight is 1170 g/mol. The number of aliphatic hydroxyl groups excluding tert-OH is 2. The summed E-state index contributed by atoms with van der Waals surface area (Å²) in [6.07, 6.45) is 94.9. The second-order valence-corrected chi connectivity index (χ2v) is 25.6. The fraction of sp³-hybridized carbons (Fsp3) is 0.870. The van der Waals surface area contributed by atoms with Crippen LogP contribution in [0.4, 0.5) is 0 Å². The van der Waals surface area contributed by atoms with Gasteiger partial charge in [-0.2, -0.15) is 0 Å². The highest BCUT2D eigenvalue weighted by molar-refractivity contribution is 5.76. The van der Waals surface area contributed by atoms with Crippen molar-refractivity contribution in [3.05, 3.63) is 48.6 Å². The summed E-state index contributed by atoms with van der Waals surface area (Å²) in [5.74, 6) is -0.0600. The molecule has 0 saturated carbocycles. The molecule has 0 aliphatic rings. The molecule has 0 aliphatic carbocycles. The van der Waals surface area contributed by atoms with Gasteiger partial charge in [0.15, 0.2) is 0 Å². The van der Waals surface area contributed by atoms with Gasteiger partial charge in [-0.25, -0.2) is 0 Å². The Morgan fingerprint density at radius 2 is 0.602 bits per heavy atom. The average Bonchev–Trinajstić information content (AvgIpc) is 3.49. The van der Waals surface area contributed by atoms with Crippen molar-refractivity contribution in [1.29, 1.82) is 0 Å². The Morgan fingerprint density at radius 1 is 0.337 bits per heavy atom. The van der Waals surface area contributed by atoms with E-state index in [9.17, 15) is 19.8 Å². The van der Waals surface area contributed by atoms with E-state index in [1.807, 2.05) is 6.08 Å². The molecule has 0 aromatic rings. The van der Waals surface area contributed by atoms with Crippen LogP contribution in [0, 0.1) is 0 Å². The maximum atomic E-state index is 12.5. The standard InChI is InChI=1S/C77H145NO5/c1-3-5-7-9-11-13-15-17-19-21-23-31-34-37-41-45-49-53-57-61-65-69-75(80)74(73-79)78-76(81)70-66-62-58-54-50-46-42-38-35-32-29-27-25-24-26-28-30-33-36-40-44-48-52-56-60-64-68-72-83-77(82)71-67-63-59-55-51-47-43-39-22-20-18-16-14-12-10-8-6-4-2/h20,22,24-25,28,30,65,69,74-75,79-80H,3-19,21,23,26-27,29,31-64,66-68,70-73H2,1-2H3,(H,78,81)/b22-20-,25-24-,30-28-,69-65+. The molecule has 3 N–H and O–H groups in total. The number of allylic oxidation sites excluding steroid dienone is 7. The normalized spacial score (nSPS) is 12.8. The highest BCUT2D eigenvalue weighted by Gasteiger charge is 2.18. The molecule has 2 atom stereocenters. The maximum absolute atomic E-state index is 12.5. The number of aliphatic hydroxyl groups is 2. The van der Waals surface area contributed by atoms with Gasteiger partial charge < -0.3 is 20.3 Å². The molecule has 488 valence electrons. The van der Waals surface area contributed by atoms with E-state index in [-0.39, 0.29) is 18.5 Å². The first-order chi connectivity index (χ1) is 41.0. The topological polar surface area (TPSA) is 95.9 Å². The van der Waals surface area contributed by atoms with Crippen LogP contribution in [0.2, 0.25) is 0 Å². The molecule has 2 unspecified atom stereocenters. The van der Waals surface area contributed by atoms with Crippen molar-refractivity contribution in [3.8, 4) is 0 Å². The second kappa shape index (κ2) is 72.3. The summed E-state index contributed by atoms with van der Waals surface area (Å²) < 4.78 is 5.50. The Kier molecular flexibility index (Phi) is 70.4. The summed E-state index contributed by atoms with van der Waals surface area (Å²) in [5.41, 5.74) is 0. The fourth-order valence-electron chi connectivity index (χ4n) is 11.6. The number of hydrogen-bond donors (Lipinski definition) is 3. The van der Waals surface area contributed by atoms with Crippen LogP contribution in [0.15, 0.2) is 48.6 Å². The van der Waals surface area contributed by atoms with E-state index in [1.165, 1.54) is 327 Å². The molecule has 0 saturated heterocycles. The number of amides is 1. The molecular weight excluding hydrogens is 1020 g/mol. The molecule has 0 bridgehead atoms. The van der Waals surface area contributed by atoms with Crippen molar-refractivity contribution in [3.63, 3.8) is 0 Å². The number of esters is 1. The predicted molar refractivity (Wildman–Crippen MR) is 366 cm³/mol. The van der Waals surface area contributed by atoms with Crippen LogP contribution in [-0.4, -0.2) is 47.4 Å². The molecule has 6 nitrogen and oxygen atoms in total. The summed E-state index contributed by atoms with van der Waals surface area (Å²) in [7, 11) is 0. The summed E-state index contributed by atoms with van der Waals surface area (Å²) >= 11 is 0. The molecule has 0 aromatic heterocycles. The highest BCUT2D eigenvalue weighted by Crippen LogP contribution is 2.18. The van der Waals surface area contributed by atoms with Crippen LogP contribution in [0.5, 0.6) is 0 Å². The first kappa shape index (κ1) is 80.8. The first-order valence-corrected chi connectivity index (χ1v) is 37.4. The zero-order valence-corrected chi connectivity index (χ0v) is 55.9. The molecule has 0 heterocycles. The van der Waals surface area contributed by atoms with Gasteiger partial charge in [-0.15, -0.1) is 0 Å². The van der Waals surface area contributed by atoms with Crippen LogP contribution in [0.25, 0.3) is 0 Å². The molecule has 0 fully saturated rings. The quantitative estimate of drug-likeness (QED) is 0.0320. The molecule has 6 heteroatoms. The van der Waals surface area contributed by atoms with Gasteiger partial charge in [0, 0.05) is 12.8 Å². The summed E-state index contributed by atoms with van der Waals surface area (Å²) in [6, 6.07) is -0.632. The molecule has 0 aliphatic heterocycles. The van der Waals surface area contributed by atoms with Crippen molar-refractivity contribution in [1.82, 2.24) is 5.32 Å². The van der Waals surface area contributed by atoms with E-state index < -0.39 is 12.1 Å². The van der Waals surface area contributed by atoms with E-state index >= 15 is 0 Å². The summed E-state index contributed by atoms with van der Waals surface area (Å²) in [5, 5.41) is 23.3. The molecular formula is C77H145NO5. The lowest BCUT2D eigenvalue weighted by molar-refractivity contribution is -0.143. The van der Waals surface area contributed by atoms with E-state index in [4.69, 9.17) is 4.74 Å². The van der Waals surface area contributed by atoms with E-state index in [1.54, 1.807) is 6.08 Å². The molecule has 0 rings (SSSR count). The number of hydrogen-bond acceptors (Lipinski definition) is 5. The lowest BCUT2D eigenvalue weighted by atomic mass is 10.0. The highest BCUT2D eigenvalue weighted by atomic mass is 16.5. The lowest BCUT2D eigenvalue weighted by Crippen LogP contribution is -2.45. The largest absolute Gasteiger partial charge is 0.466 e. The van der Waals surface area contributed by atoms with Crippen LogP contribution < -0.4 is 5.32 Å². The summed E-state index contributed by atoms with van der Waals surface area (Å²) in [6.45, 7) is 4.93. The fourth-order valence-corrected chi connectivity index (χ4v) is 11.6. The van der Waals surface area contributed by atoms with E-state index in [0.29, 0.717) is 19.4 Å².